The standard InChI is InChI=1S/C14H20ClN3OS/c1-4-13(11-5-7-12(15)8-6-11)17-18-14(20)16-10(2)9-19-3/h5-8,10H,4,9H2,1-3H3,(H2,16,18,20)/b17-13-/t10-/m0/s1. The number of hydrogen-bond donors (Lipinski definition) is 2. The molecule has 1 aromatic rings. The molecule has 1 atom stereocenters. The van der Waals surface area contributed by atoms with Gasteiger partial charge in [-0.15, -0.1) is 0 Å². The van der Waals surface area contributed by atoms with Gasteiger partial charge in [-0.05, 0) is 43.3 Å². The van der Waals surface area contributed by atoms with Gasteiger partial charge in [0.15, 0.2) is 5.11 Å². The highest BCUT2D eigenvalue weighted by Crippen LogP contribution is 2.11. The van der Waals surface area contributed by atoms with Crippen molar-refractivity contribution < 1.29 is 4.74 Å². The van der Waals surface area contributed by atoms with E-state index in [9.17, 15) is 0 Å². The van der Waals surface area contributed by atoms with Crippen LogP contribution in [-0.4, -0.2) is 30.6 Å². The lowest BCUT2D eigenvalue weighted by Crippen LogP contribution is -2.40. The van der Waals surface area contributed by atoms with Gasteiger partial charge in [-0.25, -0.2) is 0 Å². The normalized spacial score (nSPS) is 12.9. The maximum Gasteiger partial charge on any atom is 0.187 e. The van der Waals surface area contributed by atoms with E-state index < -0.39 is 0 Å². The van der Waals surface area contributed by atoms with Crippen LogP contribution in [0.15, 0.2) is 29.4 Å². The molecule has 0 amide bonds. The second-order valence-corrected chi connectivity index (χ2v) is 5.21. The lowest BCUT2D eigenvalue weighted by molar-refractivity contribution is 0.179. The Morgan fingerprint density at radius 3 is 2.60 bits per heavy atom. The van der Waals surface area contributed by atoms with E-state index in [1.165, 1.54) is 0 Å². The van der Waals surface area contributed by atoms with Crippen molar-refractivity contribution in [1.29, 1.82) is 0 Å². The summed E-state index contributed by atoms with van der Waals surface area (Å²) in [5.74, 6) is 0. The number of thiocarbonyl (C=S) groups is 1. The molecule has 4 nitrogen and oxygen atoms in total. The van der Waals surface area contributed by atoms with Gasteiger partial charge in [-0.3, -0.25) is 5.43 Å². The number of hydrazone groups is 1. The van der Waals surface area contributed by atoms with Crippen molar-refractivity contribution >= 4 is 34.6 Å². The topological polar surface area (TPSA) is 45.7 Å². The number of nitrogens with one attached hydrogen (secondary N) is 2. The Bertz CT molecular complexity index is 462. The summed E-state index contributed by atoms with van der Waals surface area (Å²) in [6.07, 6.45) is 0.796. The predicted octanol–water partition coefficient (Wildman–Crippen LogP) is 2.95. The Balaban J connectivity index is 2.61. The van der Waals surface area contributed by atoms with Crippen molar-refractivity contribution in [3.8, 4) is 0 Å². The molecule has 0 aromatic heterocycles. The van der Waals surface area contributed by atoms with Crippen molar-refractivity contribution in [2.45, 2.75) is 26.3 Å². The van der Waals surface area contributed by atoms with Crippen LogP contribution in [0.25, 0.3) is 0 Å². The first-order valence-electron chi connectivity index (χ1n) is 6.44. The number of benzene rings is 1. The van der Waals surface area contributed by atoms with Crippen molar-refractivity contribution in [1.82, 2.24) is 10.7 Å². The highest BCUT2D eigenvalue weighted by atomic mass is 35.5. The minimum Gasteiger partial charge on any atom is -0.383 e. The Morgan fingerprint density at radius 2 is 2.05 bits per heavy atom. The summed E-state index contributed by atoms with van der Waals surface area (Å²) in [5.41, 5.74) is 4.80. The molecule has 6 heteroatoms. The van der Waals surface area contributed by atoms with Gasteiger partial charge in [0, 0.05) is 18.2 Å². The van der Waals surface area contributed by atoms with Gasteiger partial charge >= 0.3 is 0 Å². The maximum atomic E-state index is 5.88. The molecule has 0 spiro atoms. The first-order chi connectivity index (χ1) is 9.56. The lowest BCUT2D eigenvalue weighted by atomic mass is 10.1. The number of rotatable bonds is 6. The van der Waals surface area contributed by atoms with Crippen LogP contribution in [-0.2, 0) is 4.74 Å². The van der Waals surface area contributed by atoms with E-state index in [4.69, 9.17) is 28.6 Å². The third-order valence-corrected chi connectivity index (χ3v) is 3.06. The fraction of sp³-hybridized carbons (Fsp3) is 0.429. The first-order valence-corrected chi connectivity index (χ1v) is 7.23. The molecular weight excluding hydrogens is 294 g/mol. The molecule has 0 radical (unpaired) electrons. The minimum absolute atomic E-state index is 0.135. The maximum absolute atomic E-state index is 5.88. The molecule has 0 heterocycles. The lowest BCUT2D eigenvalue weighted by Gasteiger charge is -2.14. The largest absolute Gasteiger partial charge is 0.383 e. The van der Waals surface area contributed by atoms with Crippen molar-refractivity contribution in [2.24, 2.45) is 5.10 Å². The first kappa shape index (κ1) is 16.9. The average molecular weight is 314 g/mol. The molecule has 0 fully saturated rings. The fourth-order valence-electron chi connectivity index (χ4n) is 1.66. The average Bonchev–Trinajstić information content (AvgIpc) is 2.41. The van der Waals surface area contributed by atoms with E-state index in [0.717, 1.165) is 17.7 Å². The second-order valence-electron chi connectivity index (χ2n) is 4.36. The second kappa shape index (κ2) is 8.89. The Labute approximate surface area is 130 Å². The molecule has 0 aliphatic rings. The number of ether oxygens (including phenoxy) is 1. The minimum atomic E-state index is 0.135. The van der Waals surface area contributed by atoms with Crippen LogP contribution in [0.1, 0.15) is 25.8 Å². The molecule has 0 saturated carbocycles. The van der Waals surface area contributed by atoms with E-state index >= 15 is 0 Å². The smallest absolute Gasteiger partial charge is 0.187 e. The summed E-state index contributed by atoms with van der Waals surface area (Å²) in [6.45, 7) is 4.61. The predicted molar refractivity (Wildman–Crippen MR) is 88.5 cm³/mol. The van der Waals surface area contributed by atoms with Crippen LogP contribution in [0, 0.1) is 0 Å². The zero-order valence-electron chi connectivity index (χ0n) is 11.9. The number of nitrogens with zero attached hydrogens (tertiary/aromatic N) is 1. The number of halogens is 1. The van der Waals surface area contributed by atoms with Gasteiger partial charge in [0.05, 0.1) is 12.3 Å². The van der Waals surface area contributed by atoms with Crippen LogP contribution in [0.5, 0.6) is 0 Å². The van der Waals surface area contributed by atoms with E-state index in [1.54, 1.807) is 7.11 Å². The number of hydrogen-bond acceptors (Lipinski definition) is 3. The molecular formula is C14H20ClN3OS. The van der Waals surface area contributed by atoms with Gasteiger partial charge < -0.3 is 10.1 Å². The van der Waals surface area contributed by atoms with Crippen LogP contribution in [0.2, 0.25) is 5.02 Å². The molecule has 1 rings (SSSR count). The molecule has 0 aliphatic carbocycles. The van der Waals surface area contributed by atoms with Gasteiger partial charge in [0.25, 0.3) is 0 Å². The zero-order valence-corrected chi connectivity index (χ0v) is 13.5. The highest BCUT2D eigenvalue weighted by molar-refractivity contribution is 7.80. The van der Waals surface area contributed by atoms with Crippen LogP contribution < -0.4 is 10.7 Å². The van der Waals surface area contributed by atoms with Crippen molar-refractivity contribution in [2.75, 3.05) is 13.7 Å². The molecule has 2 N–H and O–H groups in total. The van der Waals surface area contributed by atoms with Crippen molar-refractivity contribution in [3.05, 3.63) is 34.9 Å². The summed E-state index contributed by atoms with van der Waals surface area (Å²) < 4.78 is 5.03. The van der Waals surface area contributed by atoms with Crippen LogP contribution in [0.4, 0.5) is 0 Å². The molecule has 110 valence electrons. The third kappa shape index (κ3) is 5.86. The van der Waals surface area contributed by atoms with E-state index in [-0.39, 0.29) is 6.04 Å². The van der Waals surface area contributed by atoms with Crippen LogP contribution in [0.3, 0.4) is 0 Å². The van der Waals surface area contributed by atoms with Gasteiger partial charge in [0.2, 0.25) is 0 Å². The Kier molecular flexibility index (Phi) is 7.51. The highest BCUT2D eigenvalue weighted by Gasteiger charge is 2.04. The van der Waals surface area contributed by atoms with E-state index in [2.05, 4.69) is 15.8 Å². The van der Waals surface area contributed by atoms with E-state index in [1.807, 2.05) is 38.1 Å². The van der Waals surface area contributed by atoms with Gasteiger partial charge in [-0.1, -0.05) is 30.7 Å². The molecule has 20 heavy (non-hydrogen) atoms. The summed E-state index contributed by atoms with van der Waals surface area (Å²) in [4.78, 5) is 0. The molecule has 0 aliphatic heterocycles. The van der Waals surface area contributed by atoms with Gasteiger partial charge in [-0.2, -0.15) is 5.10 Å². The van der Waals surface area contributed by atoms with Crippen LogP contribution >= 0.6 is 23.8 Å². The summed E-state index contributed by atoms with van der Waals surface area (Å²) >= 11 is 11.1. The third-order valence-electron chi connectivity index (χ3n) is 2.60. The van der Waals surface area contributed by atoms with Crippen molar-refractivity contribution in [3.63, 3.8) is 0 Å². The molecule has 0 bridgehead atoms. The Morgan fingerprint density at radius 1 is 1.40 bits per heavy atom. The summed E-state index contributed by atoms with van der Waals surface area (Å²) in [5, 5.41) is 8.61. The summed E-state index contributed by atoms with van der Waals surface area (Å²) in [7, 11) is 1.66. The molecule has 0 unspecified atom stereocenters. The summed E-state index contributed by atoms with van der Waals surface area (Å²) in [6, 6.07) is 7.71. The molecule has 0 saturated heterocycles. The van der Waals surface area contributed by atoms with E-state index in [0.29, 0.717) is 16.7 Å². The molecule has 1 aromatic carbocycles. The number of methoxy groups -OCH3 is 1. The Hall–Kier alpha value is -1.17. The van der Waals surface area contributed by atoms with Gasteiger partial charge in [0.1, 0.15) is 0 Å². The quantitative estimate of drug-likeness (QED) is 0.481. The monoisotopic (exact) mass is 313 g/mol. The zero-order chi connectivity index (χ0) is 15.0. The SMILES string of the molecule is CC/C(=N/NC(=S)N[C@@H](C)COC)c1ccc(Cl)cc1. The fourth-order valence-corrected chi connectivity index (χ4v) is 2.03.